The highest BCUT2D eigenvalue weighted by molar-refractivity contribution is 6.04. The summed E-state index contributed by atoms with van der Waals surface area (Å²) in [5.74, 6) is -3.04. The maximum Gasteiger partial charge on any atom is 0.416 e. The fourth-order valence-corrected chi connectivity index (χ4v) is 1.89. The van der Waals surface area contributed by atoms with Crippen molar-refractivity contribution in [3.05, 3.63) is 35.9 Å². The van der Waals surface area contributed by atoms with Crippen molar-refractivity contribution in [1.29, 1.82) is 0 Å². The summed E-state index contributed by atoms with van der Waals surface area (Å²) in [4.78, 5) is 34.9. The molecule has 1 aliphatic heterocycles. The molecular weight excluding hydrogens is 250 g/mol. The van der Waals surface area contributed by atoms with Gasteiger partial charge in [-0.15, -0.1) is 0 Å². The Hall–Kier alpha value is -2.37. The van der Waals surface area contributed by atoms with Crippen molar-refractivity contribution in [1.82, 2.24) is 4.90 Å². The first-order valence-electron chi connectivity index (χ1n) is 5.84. The SMILES string of the molecule is O=C(O)C1CCN(C(=O)OCc2ccccc2)C1=O. The van der Waals surface area contributed by atoms with Crippen LogP contribution in [0.3, 0.4) is 0 Å². The topological polar surface area (TPSA) is 83.9 Å². The number of benzene rings is 1. The molecule has 0 radical (unpaired) electrons. The van der Waals surface area contributed by atoms with Gasteiger partial charge in [-0.25, -0.2) is 9.69 Å². The van der Waals surface area contributed by atoms with Gasteiger partial charge in [0.05, 0.1) is 0 Å². The van der Waals surface area contributed by atoms with Crippen molar-refractivity contribution in [3.63, 3.8) is 0 Å². The maximum absolute atomic E-state index is 11.7. The van der Waals surface area contributed by atoms with Crippen LogP contribution in [0, 0.1) is 5.92 Å². The second-order valence-electron chi connectivity index (χ2n) is 4.21. The monoisotopic (exact) mass is 263 g/mol. The van der Waals surface area contributed by atoms with Crippen LogP contribution in [0.25, 0.3) is 0 Å². The molecule has 0 bridgehead atoms. The van der Waals surface area contributed by atoms with E-state index in [1.54, 1.807) is 12.1 Å². The van der Waals surface area contributed by atoms with Gasteiger partial charge in [-0.3, -0.25) is 9.59 Å². The fourth-order valence-electron chi connectivity index (χ4n) is 1.89. The van der Waals surface area contributed by atoms with Gasteiger partial charge < -0.3 is 9.84 Å². The van der Waals surface area contributed by atoms with E-state index < -0.39 is 23.9 Å². The minimum absolute atomic E-state index is 0.0567. The fraction of sp³-hybridized carbons (Fsp3) is 0.308. The van der Waals surface area contributed by atoms with Crippen LogP contribution in [0.2, 0.25) is 0 Å². The van der Waals surface area contributed by atoms with Gasteiger partial charge in [0, 0.05) is 6.54 Å². The zero-order valence-electron chi connectivity index (χ0n) is 10.1. The first-order chi connectivity index (χ1) is 9.09. The van der Waals surface area contributed by atoms with Crippen LogP contribution in [0.5, 0.6) is 0 Å². The molecule has 1 heterocycles. The molecule has 0 spiro atoms. The number of imide groups is 1. The van der Waals surface area contributed by atoms with E-state index in [0.717, 1.165) is 10.5 Å². The molecule has 1 aliphatic rings. The number of rotatable bonds is 3. The molecule has 2 rings (SSSR count). The molecule has 2 amide bonds. The van der Waals surface area contributed by atoms with Gasteiger partial charge in [-0.05, 0) is 12.0 Å². The highest BCUT2D eigenvalue weighted by Gasteiger charge is 2.40. The molecule has 0 aromatic heterocycles. The molecular formula is C13H13NO5. The van der Waals surface area contributed by atoms with Gasteiger partial charge in [0.25, 0.3) is 0 Å². The van der Waals surface area contributed by atoms with Crippen LogP contribution in [0.4, 0.5) is 4.79 Å². The van der Waals surface area contributed by atoms with E-state index in [1.165, 1.54) is 0 Å². The maximum atomic E-state index is 11.7. The Kier molecular flexibility index (Phi) is 3.79. The average molecular weight is 263 g/mol. The predicted molar refractivity (Wildman–Crippen MR) is 64.1 cm³/mol. The normalized spacial score (nSPS) is 18.4. The van der Waals surface area contributed by atoms with Gasteiger partial charge >= 0.3 is 12.1 Å². The number of amides is 2. The first kappa shape index (κ1) is 13.1. The summed E-state index contributed by atoms with van der Waals surface area (Å²) >= 11 is 0. The molecule has 1 fully saturated rings. The Morgan fingerprint density at radius 1 is 1.32 bits per heavy atom. The van der Waals surface area contributed by atoms with Gasteiger partial charge in [-0.1, -0.05) is 30.3 Å². The van der Waals surface area contributed by atoms with E-state index in [4.69, 9.17) is 9.84 Å². The molecule has 1 saturated heterocycles. The number of carbonyl (C=O) groups is 3. The second-order valence-corrected chi connectivity index (χ2v) is 4.21. The van der Waals surface area contributed by atoms with Gasteiger partial charge in [0.15, 0.2) is 0 Å². The highest BCUT2D eigenvalue weighted by Crippen LogP contribution is 2.19. The second kappa shape index (κ2) is 5.51. The van der Waals surface area contributed by atoms with Crippen LogP contribution in [-0.4, -0.2) is 34.5 Å². The third kappa shape index (κ3) is 2.90. The summed E-state index contributed by atoms with van der Waals surface area (Å²) in [5.41, 5.74) is 0.803. The lowest BCUT2D eigenvalue weighted by Crippen LogP contribution is -2.35. The van der Waals surface area contributed by atoms with Crippen molar-refractivity contribution < 1.29 is 24.2 Å². The Balaban J connectivity index is 1.91. The standard InChI is InChI=1S/C13H13NO5/c15-11-10(12(16)17)6-7-14(11)13(18)19-8-9-4-2-1-3-5-9/h1-5,10H,6-8H2,(H,16,17). The Bertz CT molecular complexity index is 499. The van der Waals surface area contributed by atoms with Crippen molar-refractivity contribution in [3.8, 4) is 0 Å². The molecule has 0 saturated carbocycles. The van der Waals surface area contributed by atoms with Crippen LogP contribution in [-0.2, 0) is 20.9 Å². The molecule has 1 N–H and O–H groups in total. The van der Waals surface area contributed by atoms with E-state index in [9.17, 15) is 14.4 Å². The Morgan fingerprint density at radius 3 is 2.58 bits per heavy atom. The number of carboxylic acids is 1. The molecule has 6 heteroatoms. The highest BCUT2D eigenvalue weighted by atomic mass is 16.6. The molecule has 0 aliphatic carbocycles. The lowest BCUT2D eigenvalue weighted by molar-refractivity contribution is -0.147. The Morgan fingerprint density at radius 2 is 2.00 bits per heavy atom. The van der Waals surface area contributed by atoms with E-state index in [2.05, 4.69) is 0 Å². The van der Waals surface area contributed by atoms with Crippen LogP contribution < -0.4 is 0 Å². The third-order valence-corrected chi connectivity index (χ3v) is 2.93. The van der Waals surface area contributed by atoms with Crippen molar-refractivity contribution in [2.24, 2.45) is 5.92 Å². The van der Waals surface area contributed by atoms with Crippen LogP contribution in [0.15, 0.2) is 30.3 Å². The number of carboxylic acid groups (broad SMARTS) is 1. The zero-order valence-corrected chi connectivity index (χ0v) is 10.1. The number of hydrogen-bond donors (Lipinski definition) is 1. The van der Waals surface area contributed by atoms with E-state index >= 15 is 0 Å². The summed E-state index contributed by atoms with van der Waals surface area (Å²) in [6.07, 6.45) is -0.660. The number of ether oxygens (including phenoxy) is 1. The zero-order chi connectivity index (χ0) is 13.8. The smallest absolute Gasteiger partial charge is 0.416 e. The minimum atomic E-state index is -1.21. The van der Waals surface area contributed by atoms with E-state index in [1.807, 2.05) is 18.2 Å². The molecule has 19 heavy (non-hydrogen) atoms. The van der Waals surface area contributed by atoms with Gasteiger partial charge in [0.1, 0.15) is 12.5 Å². The van der Waals surface area contributed by atoms with Gasteiger partial charge in [0.2, 0.25) is 5.91 Å². The molecule has 1 aromatic rings. The molecule has 6 nitrogen and oxygen atoms in total. The first-order valence-corrected chi connectivity index (χ1v) is 5.84. The van der Waals surface area contributed by atoms with Crippen molar-refractivity contribution in [2.75, 3.05) is 6.54 Å². The third-order valence-electron chi connectivity index (χ3n) is 2.93. The van der Waals surface area contributed by atoms with E-state index in [-0.39, 0.29) is 19.6 Å². The molecule has 1 aromatic carbocycles. The lowest BCUT2D eigenvalue weighted by Gasteiger charge is -2.14. The summed E-state index contributed by atoms with van der Waals surface area (Å²) in [6.45, 7) is 0.143. The van der Waals surface area contributed by atoms with Crippen LogP contribution in [0.1, 0.15) is 12.0 Å². The minimum Gasteiger partial charge on any atom is -0.481 e. The number of aliphatic carboxylic acids is 1. The predicted octanol–water partition coefficient (Wildman–Crippen LogP) is 1.26. The molecule has 1 unspecified atom stereocenters. The average Bonchev–Trinajstić information content (AvgIpc) is 2.79. The lowest BCUT2D eigenvalue weighted by atomic mass is 10.1. The molecule has 1 atom stereocenters. The number of hydrogen-bond acceptors (Lipinski definition) is 4. The number of nitrogens with zero attached hydrogens (tertiary/aromatic N) is 1. The van der Waals surface area contributed by atoms with Gasteiger partial charge in [-0.2, -0.15) is 0 Å². The summed E-state index contributed by atoms with van der Waals surface area (Å²) in [6, 6.07) is 9.04. The Labute approximate surface area is 109 Å². The van der Waals surface area contributed by atoms with Crippen molar-refractivity contribution in [2.45, 2.75) is 13.0 Å². The van der Waals surface area contributed by atoms with E-state index in [0.29, 0.717) is 0 Å². The number of carbonyl (C=O) groups excluding carboxylic acids is 2. The summed E-state index contributed by atoms with van der Waals surface area (Å²) < 4.78 is 4.98. The number of likely N-dealkylation sites (tertiary alicyclic amines) is 1. The van der Waals surface area contributed by atoms with Crippen molar-refractivity contribution >= 4 is 18.0 Å². The summed E-state index contributed by atoms with van der Waals surface area (Å²) in [5, 5.41) is 8.79. The molecule has 100 valence electrons. The quantitative estimate of drug-likeness (QED) is 0.830. The summed E-state index contributed by atoms with van der Waals surface area (Å²) in [7, 11) is 0. The largest absolute Gasteiger partial charge is 0.481 e. The van der Waals surface area contributed by atoms with Crippen LogP contribution >= 0.6 is 0 Å².